The van der Waals surface area contributed by atoms with E-state index < -0.39 is 5.60 Å². The lowest BCUT2D eigenvalue weighted by atomic mass is 10.0. The first kappa shape index (κ1) is 20.6. The topological polar surface area (TPSA) is 64.6 Å². The van der Waals surface area contributed by atoms with Crippen LogP contribution >= 0.6 is 0 Å². The molecule has 0 aromatic heterocycles. The summed E-state index contributed by atoms with van der Waals surface area (Å²) in [4.78, 5) is 23.5. The van der Waals surface area contributed by atoms with Gasteiger partial charge in [-0.2, -0.15) is 0 Å². The van der Waals surface area contributed by atoms with Gasteiger partial charge in [0, 0.05) is 11.6 Å². The minimum atomic E-state index is -0.497. The smallest absolute Gasteiger partial charge is 0.333 e. The molecule has 1 N–H and O–H groups in total. The zero-order chi connectivity index (χ0) is 17.3. The SMILES string of the molecule is CCOC(=O)C(C)=C[C@H](CC(C)C)NCC(=O)OC(C)(C)C. The molecule has 0 saturated heterocycles. The molecule has 0 heterocycles. The monoisotopic (exact) mass is 313 g/mol. The Bertz CT molecular complexity index is 394. The van der Waals surface area contributed by atoms with Crippen LogP contribution in [0.25, 0.3) is 0 Å². The van der Waals surface area contributed by atoms with Crippen LogP contribution < -0.4 is 5.32 Å². The summed E-state index contributed by atoms with van der Waals surface area (Å²) in [7, 11) is 0. The molecule has 5 nitrogen and oxygen atoms in total. The van der Waals surface area contributed by atoms with E-state index in [1.54, 1.807) is 13.8 Å². The van der Waals surface area contributed by atoms with Gasteiger partial charge in [0.05, 0.1) is 13.2 Å². The molecule has 0 saturated carbocycles. The summed E-state index contributed by atoms with van der Waals surface area (Å²) in [6.07, 6.45) is 2.64. The fourth-order valence-electron chi connectivity index (χ4n) is 1.92. The van der Waals surface area contributed by atoms with Gasteiger partial charge in [0.25, 0.3) is 0 Å². The van der Waals surface area contributed by atoms with Crippen molar-refractivity contribution in [3.05, 3.63) is 11.6 Å². The maximum atomic E-state index is 11.8. The summed E-state index contributed by atoms with van der Waals surface area (Å²) in [5, 5.41) is 3.14. The second-order valence-electron chi connectivity index (χ2n) is 6.77. The van der Waals surface area contributed by atoms with Crippen LogP contribution in [0.15, 0.2) is 11.6 Å². The first-order valence-electron chi connectivity index (χ1n) is 7.86. The van der Waals surface area contributed by atoms with Gasteiger partial charge < -0.3 is 14.8 Å². The third-order valence-electron chi connectivity index (χ3n) is 2.70. The lowest BCUT2D eigenvalue weighted by molar-refractivity contribution is -0.153. The zero-order valence-corrected chi connectivity index (χ0v) is 15.0. The Morgan fingerprint density at radius 3 is 2.27 bits per heavy atom. The standard InChI is InChI=1S/C17H31NO4/c1-8-21-16(20)13(4)10-14(9-12(2)3)18-11-15(19)22-17(5,6)7/h10,12,14,18H,8-9,11H2,1-7H3/t14-/m0/s1. The number of rotatable bonds is 8. The lowest BCUT2D eigenvalue weighted by Crippen LogP contribution is -2.37. The van der Waals surface area contributed by atoms with Crippen molar-refractivity contribution in [2.24, 2.45) is 5.92 Å². The van der Waals surface area contributed by atoms with E-state index in [-0.39, 0.29) is 24.5 Å². The Morgan fingerprint density at radius 2 is 1.82 bits per heavy atom. The second-order valence-corrected chi connectivity index (χ2v) is 6.77. The van der Waals surface area contributed by atoms with Crippen molar-refractivity contribution in [1.82, 2.24) is 5.32 Å². The molecule has 0 spiro atoms. The van der Waals surface area contributed by atoms with Crippen molar-refractivity contribution in [2.45, 2.75) is 66.5 Å². The van der Waals surface area contributed by atoms with Gasteiger partial charge in [0.1, 0.15) is 5.60 Å². The number of ether oxygens (including phenoxy) is 2. The Kier molecular flexibility index (Phi) is 9.02. The van der Waals surface area contributed by atoms with Crippen molar-refractivity contribution in [1.29, 1.82) is 0 Å². The van der Waals surface area contributed by atoms with Crippen molar-refractivity contribution in [3.63, 3.8) is 0 Å². The maximum absolute atomic E-state index is 11.8. The minimum absolute atomic E-state index is 0.0723. The van der Waals surface area contributed by atoms with Crippen LogP contribution in [0.1, 0.15) is 54.9 Å². The van der Waals surface area contributed by atoms with Crippen LogP contribution in [0.4, 0.5) is 0 Å². The molecule has 0 aliphatic heterocycles. The van der Waals surface area contributed by atoms with E-state index in [0.717, 1.165) is 6.42 Å². The summed E-state index contributed by atoms with van der Waals surface area (Å²) >= 11 is 0. The minimum Gasteiger partial charge on any atom is -0.463 e. The fourth-order valence-corrected chi connectivity index (χ4v) is 1.92. The molecule has 0 unspecified atom stereocenters. The summed E-state index contributed by atoms with van der Waals surface area (Å²) < 4.78 is 10.2. The molecule has 0 rings (SSSR count). The lowest BCUT2D eigenvalue weighted by Gasteiger charge is -2.22. The first-order valence-corrected chi connectivity index (χ1v) is 7.86. The highest BCUT2D eigenvalue weighted by Gasteiger charge is 2.18. The van der Waals surface area contributed by atoms with Gasteiger partial charge in [-0.25, -0.2) is 4.79 Å². The summed E-state index contributed by atoms with van der Waals surface area (Å²) in [6.45, 7) is 13.7. The van der Waals surface area contributed by atoms with E-state index in [1.807, 2.05) is 26.8 Å². The van der Waals surface area contributed by atoms with Crippen LogP contribution in [0.3, 0.4) is 0 Å². The maximum Gasteiger partial charge on any atom is 0.333 e. The van der Waals surface area contributed by atoms with Crippen molar-refractivity contribution in [3.8, 4) is 0 Å². The number of hydrogen-bond donors (Lipinski definition) is 1. The molecule has 0 aromatic rings. The molecule has 0 amide bonds. The molecule has 5 heteroatoms. The highest BCUT2D eigenvalue weighted by Crippen LogP contribution is 2.10. The predicted octanol–water partition coefficient (Wildman–Crippen LogP) is 2.84. The molecule has 0 bridgehead atoms. The summed E-state index contributed by atoms with van der Waals surface area (Å²) in [6, 6.07) is -0.0723. The average Bonchev–Trinajstić information content (AvgIpc) is 2.33. The molecule has 0 fully saturated rings. The second kappa shape index (κ2) is 9.62. The molecular weight excluding hydrogens is 282 g/mol. The van der Waals surface area contributed by atoms with E-state index >= 15 is 0 Å². The van der Waals surface area contributed by atoms with Crippen LogP contribution in [-0.2, 0) is 19.1 Å². The van der Waals surface area contributed by atoms with Crippen LogP contribution in [-0.4, -0.2) is 36.7 Å². The first-order chi connectivity index (χ1) is 10.0. The number of esters is 2. The van der Waals surface area contributed by atoms with Crippen LogP contribution in [0, 0.1) is 5.92 Å². The van der Waals surface area contributed by atoms with E-state index in [9.17, 15) is 9.59 Å². The molecule has 22 heavy (non-hydrogen) atoms. The van der Waals surface area contributed by atoms with Crippen LogP contribution in [0.2, 0.25) is 0 Å². The van der Waals surface area contributed by atoms with Gasteiger partial charge in [-0.1, -0.05) is 19.9 Å². The molecule has 1 atom stereocenters. The van der Waals surface area contributed by atoms with Crippen molar-refractivity contribution < 1.29 is 19.1 Å². The van der Waals surface area contributed by atoms with Crippen LogP contribution in [0.5, 0.6) is 0 Å². The molecule has 128 valence electrons. The van der Waals surface area contributed by atoms with Gasteiger partial charge in [-0.15, -0.1) is 0 Å². The molecular formula is C17H31NO4. The molecule has 0 aliphatic rings. The Hall–Kier alpha value is -1.36. The van der Waals surface area contributed by atoms with Gasteiger partial charge in [0.15, 0.2) is 0 Å². The molecule has 0 aliphatic carbocycles. The Labute approximate surface area is 134 Å². The number of nitrogens with one attached hydrogen (secondary N) is 1. The van der Waals surface area contributed by atoms with E-state index in [1.165, 1.54) is 0 Å². The largest absolute Gasteiger partial charge is 0.463 e. The van der Waals surface area contributed by atoms with E-state index in [0.29, 0.717) is 18.1 Å². The molecule has 0 aromatic carbocycles. The number of carbonyl (C=O) groups is 2. The van der Waals surface area contributed by atoms with Gasteiger partial charge in [-0.3, -0.25) is 4.79 Å². The average molecular weight is 313 g/mol. The highest BCUT2D eigenvalue weighted by molar-refractivity contribution is 5.87. The van der Waals surface area contributed by atoms with E-state index in [2.05, 4.69) is 19.2 Å². The quantitative estimate of drug-likeness (QED) is 0.551. The Balaban J connectivity index is 4.68. The van der Waals surface area contributed by atoms with E-state index in [4.69, 9.17) is 9.47 Å². The third-order valence-corrected chi connectivity index (χ3v) is 2.70. The normalized spacial score (nSPS) is 13.9. The third kappa shape index (κ3) is 10.4. The summed E-state index contributed by atoms with van der Waals surface area (Å²) in [5.41, 5.74) is 0.0485. The number of hydrogen-bond acceptors (Lipinski definition) is 5. The van der Waals surface area contributed by atoms with Crippen molar-refractivity contribution >= 4 is 11.9 Å². The fraction of sp³-hybridized carbons (Fsp3) is 0.765. The molecule has 0 radical (unpaired) electrons. The van der Waals surface area contributed by atoms with Gasteiger partial charge in [0.2, 0.25) is 0 Å². The zero-order valence-electron chi connectivity index (χ0n) is 15.0. The number of carbonyl (C=O) groups excluding carboxylic acids is 2. The Morgan fingerprint density at radius 1 is 1.23 bits per heavy atom. The van der Waals surface area contributed by atoms with Gasteiger partial charge >= 0.3 is 11.9 Å². The summed E-state index contributed by atoms with van der Waals surface area (Å²) in [5.74, 6) is -0.193. The van der Waals surface area contributed by atoms with Gasteiger partial charge in [-0.05, 0) is 47.0 Å². The highest BCUT2D eigenvalue weighted by atomic mass is 16.6. The predicted molar refractivity (Wildman–Crippen MR) is 87.5 cm³/mol. The van der Waals surface area contributed by atoms with Crippen molar-refractivity contribution in [2.75, 3.05) is 13.2 Å².